The number of H-pyrrole nitrogens is 1. The molecule has 8 nitrogen and oxygen atoms in total. The summed E-state index contributed by atoms with van der Waals surface area (Å²) in [5, 5.41) is 18.7. The van der Waals surface area contributed by atoms with Gasteiger partial charge in [0.1, 0.15) is 5.69 Å². The van der Waals surface area contributed by atoms with Crippen LogP contribution in [0.2, 0.25) is 0 Å². The van der Waals surface area contributed by atoms with Crippen LogP contribution in [0, 0.1) is 0 Å². The second-order valence-corrected chi connectivity index (χ2v) is 4.14. The molecule has 1 unspecified atom stereocenters. The van der Waals surface area contributed by atoms with Crippen LogP contribution in [0.4, 0.5) is 0 Å². The van der Waals surface area contributed by atoms with Gasteiger partial charge in [-0.25, -0.2) is 0 Å². The quantitative estimate of drug-likeness (QED) is 0.481. The second-order valence-electron chi connectivity index (χ2n) is 4.14. The lowest BCUT2D eigenvalue weighted by molar-refractivity contribution is 0.0667. The zero-order chi connectivity index (χ0) is 13.1. The predicted molar refractivity (Wildman–Crippen MR) is 61.9 cm³/mol. The zero-order valence-electron chi connectivity index (χ0n) is 9.72. The Morgan fingerprint density at radius 1 is 1.56 bits per heavy atom. The van der Waals surface area contributed by atoms with Crippen molar-refractivity contribution in [3.63, 3.8) is 0 Å². The van der Waals surface area contributed by atoms with Crippen molar-refractivity contribution in [1.29, 1.82) is 0 Å². The molecule has 2 rings (SSSR count). The number of rotatable bonds is 2. The van der Waals surface area contributed by atoms with Crippen LogP contribution in [0.5, 0.6) is 0 Å². The maximum Gasteiger partial charge on any atom is 0.272 e. The average Bonchev–Trinajstić information content (AvgIpc) is 2.72. The highest BCUT2D eigenvalue weighted by Gasteiger charge is 2.23. The SMILES string of the molecule is NC(=O)c1cc(C(=O)N2CCNCC(O)C2)[nH]n1. The van der Waals surface area contributed by atoms with Crippen molar-refractivity contribution in [2.24, 2.45) is 5.73 Å². The molecule has 0 bridgehead atoms. The second kappa shape index (κ2) is 5.15. The lowest BCUT2D eigenvalue weighted by Gasteiger charge is -2.20. The summed E-state index contributed by atoms with van der Waals surface area (Å²) in [4.78, 5) is 24.5. The molecule has 0 radical (unpaired) electrons. The van der Waals surface area contributed by atoms with Crippen molar-refractivity contribution in [3.8, 4) is 0 Å². The fourth-order valence-corrected chi connectivity index (χ4v) is 1.81. The number of aromatic nitrogens is 2. The summed E-state index contributed by atoms with van der Waals surface area (Å²) in [6.07, 6.45) is -0.602. The summed E-state index contributed by atoms with van der Waals surface area (Å²) < 4.78 is 0. The van der Waals surface area contributed by atoms with Crippen LogP contribution >= 0.6 is 0 Å². The van der Waals surface area contributed by atoms with Crippen molar-refractivity contribution in [1.82, 2.24) is 20.4 Å². The third kappa shape index (κ3) is 2.66. The summed E-state index contributed by atoms with van der Waals surface area (Å²) in [6.45, 7) is 1.80. The summed E-state index contributed by atoms with van der Waals surface area (Å²) in [6, 6.07) is 1.31. The Bertz CT molecular complexity index is 458. The number of amides is 2. The minimum atomic E-state index is -0.692. The number of nitrogens with two attached hydrogens (primary N) is 1. The Morgan fingerprint density at radius 3 is 3.00 bits per heavy atom. The first kappa shape index (κ1) is 12.5. The summed E-state index contributed by atoms with van der Waals surface area (Å²) in [7, 11) is 0. The minimum absolute atomic E-state index is 0.0202. The molecular weight excluding hydrogens is 238 g/mol. The highest BCUT2D eigenvalue weighted by atomic mass is 16.3. The molecule has 0 spiro atoms. The van der Waals surface area contributed by atoms with E-state index in [-0.39, 0.29) is 23.8 Å². The molecule has 2 amide bonds. The van der Waals surface area contributed by atoms with E-state index < -0.39 is 12.0 Å². The number of nitrogens with zero attached hydrogens (tertiary/aromatic N) is 2. The predicted octanol–water partition coefficient (Wildman–Crippen LogP) is -2.09. The van der Waals surface area contributed by atoms with E-state index >= 15 is 0 Å². The van der Waals surface area contributed by atoms with E-state index in [0.29, 0.717) is 19.6 Å². The number of primary amides is 1. The van der Waals surface area contributed by atoms with Gasteiger partial charge in [-0.3, -0.25) is 14.7 Å². The molecule has 0 saturated carbocycles. The van der Waals surface area contributed by atoms with Crippen molar-refractivity contribution in [3.05, 3.63) is 17.5 Å². The number of carbonyl (C=O) groups is 2. The van der Waals surface area contributed by atoms with Gasteiger partial charge in [0, 0.05) is 32.2 Å². The van der Waals surface area contributed by atoms with Crippen LogP contribution in [-0.4, -0.2) is 64.3 Å². The average molecular weight is 253 g/mol. The number of hydrogen-bond acceptors (Lipinski definition) is 5. The van der Waals surface area contributed by atoms with Gasteiger partial charge < -0.3 is 21.1 Å². The van der Waals surface area contributed by atoms with Gasteiger partial charge in [-0.1, -0.05) is 0 Å². The van der Waals surface area contributed by atoms with Crippen LogP contribution in [0.3, 0.4) is 0 Å². The van der Waals surface area contributed by atoms with Crippen LogP contribution in [0.1, 0.15) is 21.0 Å². The van der Waals surface area contributed by atoms with Crippen LogP contribution in [-0.2, 0) is 0 Å². The Hall–Kier alpha value is -1.93. The van der Waals surface area contributed by atoms with Crippen LogP contribution in [0.15, 0.2) is 6.07 Å². The number of aliphatic hydroxyl groups excluding tert-OH is 1. The highest BCUT2D eigenvalue weighted by molar-refractivity contribution is 5.97. The van der Waals surface area contributed by atoms with Gasteiger partial charge in [0.25, 0.3) is 11.8 Å². The van der Waals surface area contributed by atoms with Crippen LogP contribution < -0.4 is 11.1 Å². The monoisotopic (exact) mass is 253 g/mol. The molecule has 1 aromatic heterocycles. The third-order valence-corrected chi connectivity index (χ3v) is 2.72. The molecule has 1 aromatic rings. The van der Waals surface area contributed by atoms with E-state index in [0.717, 1.165) is 0 Å². The van der Waals surface area contributed by atoms with Gasteiger partial charge in [0.05, 0.1) is 6.10 Å². The first-order valence-electron chi connectivity index (χ1n) is 5.61. The first-order valence-corrected chi connectivity index (χ1v) is 5.61. The highest BCUT2D eigenvalue weighted by Crippen LogP contribution is 2.06. The zero-order valence-corrected chi connectivity index (χ0v) is 9.72. The summed E-state index contributed by atoms with van der Waals surface area (Å²) in [5.41, 5.74) is 5.27. The van der Waals surface area contributed by atoms with Crippen molar-refractivity contribution in [2.45, 2.75) is 6.10 Å². The number of hydrogen-bond donors (Lipinski definition) is 4. The first-order chi connectivity index (χ1) is 8.58. The van der Waals surface area contributed by atoms with Gasteiger partial charge in [-0.2, -0.15) is 5.10 Å². The lowest BCUT2D eigenvalue weighted by atomic mass is 10.3. The topological polar surface area (TPSA) is 124 Å². The Kier molecular flexibility index (Phi) is 3.58. The van der Waals surface area contributed by atoms with Crippen molar-refractivity contribution in [2.75, 3.05) is 26.2 Å². The number of β-amino-alcohol motifs (C(OH)–C–C–N with tert-alkyl or cyclic N) is 1. The molecule has 1 aliphatic heterocycles. The molecule has 5 N–H and O–H groups in total. The van der Waals surface area contributed by atoms with E-state index in [4.69, 9.17) is 5.73 Å². The number of aliphatic hydroxyl groups is 1. The fourth-order valence-electron chi connectivity index (χ4n) is 1.81. The van der Waals surface area contributed by atoms with E-state index in [9.17, 15) is 14.7 Å². The van der Waals surface area contributed by atoms with E-state index in [2.05, 4.69) is 15.5 Å². The van der Waals surface area contributed by atoms with Gasteiger partial charge in [0.2, 0.25) is 0 Å². The minimum Gasteiger partial charge on any atom is -0.390 e. The van der Waals surface area contributed by atoms with Crippen LogP contribution in [0.25, 0.3) is 0 Å². The third-order valence-electron chi connectivity index (χ3n) is 2.72. The Balaban J connectivity index is 2.11. The molecule has 1 aliphatic rings. The van der Waals surface area contributed by atoms with Crippen molar-refractivity contribution < 1.29 is 14.7 Å². The van der Waals surface area contributed by atoms with E-state index in [1.807, 2.05) is 0 Å². The summed E-state index contributed by atoms with van der Waals surface area (Å²) in [5.74, 6) is -0.999. The van der Waals surface area contributed by atoms with Gasteiger partial charge in [0.15, 0.2) is 5.69 Å². The number of nitrogens with one attached hydrogen (secondary N) is 2. The molecule has 2 heterocycles. The molecule has 8 heteroatoms. The maximum absolute atomic E-state index is 12.1. The smallest absolute Gasteiger partial charge is 0.272 e. The largest absolute Gasteiger partial charge is 0.390 e. The molecular formula is C10H15N5O3. The van der Waals surface area contributed by atoms with Gasteiger partial charge in [-0.05, 0) is 0 Å². The number of carbonyl (C=O) groups excluding carboxylic acids is 2. The van der Waals surface area contributed by atoms with Crippen molar-refractivity contribution >= 4 is 11.8 Å². The standard InChI is InChI=1S/C10H15N5O3/c11-9(17)7-3-8(14-13-7)10(18)15-2-1-12-4-6(16)5-15/h3,6,12,16H,1-2,4-5H2,(H2,11,17)(H,13,14). The summed E-state index contributed by atoms with van der Waals surface area (Å²) >= 11 is 0. The van der Waals surface area contributed by atoms with Gasteiger partial charge >= 0.3 is 0 Å². The Morgan fingerprint density at radius 2 is 2.33 bits per heavy atom. The number of aromatic amines is 1. The van der Waals surface area contributed by atoms with E-state index in [1.54, 1.807) is 0 Å². The molecule has 1 atom stereocenters. The molecule has 1 fully saturated rings. The lowest BCUT2D eigenvalue weighted by Crippen LogP contribution is -2.37. The molecule has 1 saturated heterocycles. The Labute approximate surface area is 103 Å². The molecule has 18 heavy (non-hydrogen) atoms. The molecule has 0 aliphatic carbocycles. The normalized spacial score (nSPS) is 20.5. The van der Waals surface area contributed by atoms with Gasteiger partial charge in [-0.15, -0.1) is 0 Å². The molecule has 98 valence electrons. The maximum atomic E-state index is 12.1. The van der Waals surface area contributed by atoms with E-state index in [1.165, 1.54) is 11.0 Å². The fraction of sp³-hybridized carbons (Fsp3) is 0.500. The molecule has 0 aromatic carbocycles.